The Morgan fingerprint density at radius 1 is 0.302 bits per heavy atom. The van der Waals surface area contributed by atoms with Crippen molar-refractivity contribution in [1.82, 2.24) is 4.57 Å². The van der Waals surface area contributed by atoms with Crippen LogP contribution >= 0.6 is 0 Å². The maximum Gasteiger partial charge on any atom is 0.136 e. The molecule has 0 fully saturated rings. The van der Waals surface area contributed by atoms with E-state index < -0.39 is 0 Å². The van der Waals surface area contributed by atoms with Crippen LogP contribution in [0.15, 0.2) is 247 Å². The lowest BCUT2D eigenvalue weighted by molar-refractivity contribution is 0.669. The number of rotatable bonds is 8. The molecule has 3 nitrogen and oxygen atoms in total. The molecule has 0 aliphatic carbocycles. The molecule has 0 bridgehead atoms. The van der Waals surface area contributed by atoms with E-state index in [0.29, 0.717) is 0 Å². The number of benzene rings is 10. The Morgan fingerprint density at radius 2 is 0.778 bits per heavy atom. The van der Waals surface area contributed by atoms with Crippen LogP contribution in [0.4, 0.5) is 17.1 Å². The molecule has 12 aromatic rings. The summed E-state index contributed by atoms with van der Waals surface area (Å²) < 4.78 is 8.84. The lowest BCUT2D eigenvalue weighted by atomic mass is 9.95. The average molecular weight is 805 g/mol. The first-order valence-electron chi connectivity index (χ1n) is 21.5. The highest BCUT2D eigenvalue weighted by molar-refractivity contribution is 6.14. The maximum absolute atomic E-state index is 6.43. The fraction of sp³-hybridized carbons (Fsp3) is 0. The molecule has 0 saturated heterocycles. The lowest BCUT2D eigenvalue weighted by Crippen LogP contribution is -2.12. The fourth-order valence-electron chi connectivity index (χ4n) is 9.57. The summed E-state index contributed by atoms with van der Waals surface area (Å²) in [5.41, 5.74) is 17.7. The Balaban J connectivity index is 1.04. The van der Waals surface area contributed by atoms with Crippen molar-refractivity contribution in [2.75, 3.05) is 4.90 Å². The van der Waals surface area contributed by atoms with Gasteiger partial charge in [0.25, 0.3) is 0 Å². The van der Waals surface area contributed by atoms with Gasteiger partial charge in [-0.2, -0.15) is 0 Å². The van der Waals surface area contributed by atoms with Gasteiger partial charge >= 0.3 is 0 Å². The van der Waals surface area contributed by atoms with Gasteiger partial charge in [-0.3, -0.25) is 0 Å². The zero-order valence-corrected chi connectivity index (χ0v) is 34.4. The largest absolute Gasteiger partial charge is 0.456 e. The fourth-order valence-corrected chi connectivity index (χ4v) is 9.57. The SMILES string of the molecule is c1ccc(-c2ccc(-c3ccccc3N(c3ccc(-c4ccccc4-n4c5ccccc5c5ccccc54)cc3)c3ccccc3-c3cccc4oc5ccccc5c34)cc2)cc1. The summed E-state index contributed by atoms with van der Waals surface area (Å²) >= 11 is 0. The van der Waals surface area contributed by atoms with Crippen molar-refractivity contribution in [2.24, 2.45) is 0 Å². The second-order valence-electron chi connectivity index (χ2n) is 16.0. The van der Waals surface area contributed by atoms with E-state index in [1.807, 2.05) is 6.07 Å². The number of hydrogen-bond acceptors (Lipinski definition) is 2. The summed E-state index contributed by atoms with van der Waals surface area (Å²) in [6.45, 7) is 0. The van der Waals surface area contributed by atoms with Gasteiger partial charge in [-0.15, -0.1) is 0 Å². The molecule has 3 heteroatoms. The van der Waals surface area contributed by atoms with Crippen LogP contribution in [0.3, 0.4) is 0 Å². The monoisotopic (exact) mass is 804 g/mol. The van der Waals surface area contributed by atoms with Crippen molar-refractivity contribution in [3.63, 3.8) is 0 Å². The Labute approximate surface area is 366 Å². The second-order valence-corrected chi connectivity index (χ2v) is 16.0. The number of para-hydroxylation sites is 6. The van der Waals surface area contributed by atoms with Gasteiger partial charge in [-0.1, -0.05) is 188 Å². The van der Waals surface area contributed by atoms with Gasteiger partial charge in [-0.25, -0.2) is 0 Å². The van der Waals surface area contributed by atoms with Crippen LogP contribution in [0.2, 0.25) is 0 Å². The van der Waals surface area contributed by atoms with Crippen LogP contribution in [-0.2, 0) is 0 Å². The Bertz CT molecular complexity index is 3560. The van der Waals surface area contributed by atoms with Gasteiger partial charge in [0.15, 0.2) is 0 Å². The Hall–Kier alpha value is -8.40. The van der Waals surface area contributed by atoms with Crippen LogP contribution in [-0.4, -0.2) is 4.57 Å². The van der Waals surface area contributed by atoms with E-state index >= 15 is 0 Å². The first-order chi connectivity index (χ1) is 31.3. The summed E-state index contributed by atoms with van der Waals surface area (Å²) in [5.74, 6) is 0. The topological polar surface area (TPSA) is 21.3 Å². The van der Waals surface area contributed by atoms with Crippen molar-refractivity contribution < 1.29 is 4.42 Å². The highest BCUT2D eigenvalue weighted by Crippen LogP contribution is 2.48. The predicted molar refractivity (Wildman–Crippen MR) is 264 cm³/mol. The first kappa shape index (κ1) is 36.5. The highest BCUT2D eigenvalue weighted by atomic mass is 16.3. The third-order valence-corrected chi connectivity index (χ3v) is 12.4. The van der Waals surface area contributed by atoms with E-state index in [9.17, 15) is 0 Å². The molecule has 2 heterocycles. The van der Waals surface area contributed by atoms with Crippen LogP contribution < -0.4 is 4.90 Å². The number of aromatic nitrogens is 1. The van der Waals surface area contributed by atoms with Gasteiger partial charge in [-0.05, 0) is 82.4 Å². The third-order valence-electron chi connectivity index (χ3n) is 12.4. The van der Waals surface area contributed by atoms with E-state index in [1.165, 1.54) is 38.5 Å². The van der Waals surface area contributed by atoms with E-state index in [2.05, 4.69) is 246 Å². The van der Waals surface area contributed by atoms with Gasteiger partial charge in [0.2, 0.25) is 0 Å². The lowest BCUT2D eigenvalue weighted by Gasteiger charge is -2.30. The van der Waals surface area contributed by atoms with E-state index in [-0.39, 0.29) is 0 Å². The second kappa shape index (κ2) is 15.3. The number of hydrogen-bond donors (Lipinski definition) is 0. The molecule has 63 heavy (non-hydrogen) atoms. The molecule has 0 aliphatic rings. The van der Waals surface area contributed by atoms with Crippen LogP contribution in [0.25, 0.3) is 93.9 Å². The molecular weight excluding hydrogens is 765 g/mol. The van der Waals surface area contributed by atoms with Crippen LogP contribution in [0, 0.1) is 0 Å². The molecule has 2 aromatic heterocycles. The van der Waals surface area contributed by atoms with Gasteiger partial charge in [0.1, 0.15) is 11.2 Å². The maximum atomic E-state index is 6.43. The van der Waals surface area contributed by atoms with Crippen LogP contribution in [0.1, 0.15) is 0 Å². The highest BCUT2D eigenvalue weighted by Gasteiger charge is 2.23. The van der Waals surface area contributed by atoms with E-state index in [4.69, 9.17) is 4.42 Å². The molecule has 0 aliphatic heterocycles. The molecule has 0 N–H and O–H groups in total. The Kier molecular flexibility index (Phi) is 8.83. The summed E-state index contributed by atoms with van der Waals surface area (Å²) in [5, 5.41) is 4.72. The molecule has 0 amide bonds. The molecule has 10 aromatic carbocycles. The molecule has 296 valence electrons. The minimum atomic E-state index is 0.875. The van der Waals surface area contributed by atoms with E-state index in [1.54, 1.807) is 0 Å². The molecule has 0 spiro atoms. The predicted octanol–water partition coefficient (Wildman–Crippen LogP) is 16.8. The minimum Gasteiger partial charge on any atom is -0.456 e. The van der Waals surface area contributed by atoms with Crippen molar-refractivity contribution >= 4 is 60.8 Å². The summed E-state index contributed by atoms with van der Waals surface area (Å²) in [4.78, 5) is 2.43. The van der Waals surface area contributed by atoms with E-state index in [0.717, 1.165) is 72.5 Å². The molecular formula is C60H40N2O. The van der Waals surface area contributed by atoms with Gasteiger partial charge in [0, 0.05) is 43.9 Å². The number of fused-ring (bicyclic) bond motifs is 6. The molecule has 0 radical (unpaired) electrons. The number of furan rings is 1. The number of anilines is 3. The molecule has 0 unspecified atom stereocenters. The first-order valence-corrected chi connectivity index (χ1v) is 21.5. The van der Waals surface area contributed by atoms with Gasteiger partial charge in [0.05, 0.1) is 28.1 Å². The quantitative estimate of drug-likeness (QED) is 0.153. The summed E-state index contributed by atoms with van der Waals surface area (Å²) in [6, 6.07) is 87.1. The zero-order chi connectivity index (χ0) is 41.7. The average Bonchev–Trinajstić information content (AvgIpc) is 3.91. The molecule has 12 rings (SSSR count). The summed E-state index contributed by atoms with van der Waals surface area (Å²) in [7, 11) is 0. The zero-order valence-electron chi connectivity index (χ0n) is 34.4. The standard InChI is InChI=1S/C60H40N2O/c1-2-17-41(18-3-1)42-33-35-43(36-34-42)46-19-4-10-26-53(46)61(55-28-12-8-23-50(55)51-25-16-32-59-60(51)52-24-9-15-31-58(52)63-59)45-39-37-44(38-40-45)47-20-5-11-27-54(47)62-56-29-13-6-21-48(56)49-22-7-14-30-57(49)62/h1-40H. The van der Waals surface area contributed by atoms with Crippen molar-refractivity contribution in [3.05, 3.63) is 243 Å². The third kappa shape index (κ3) is 6.21. The minimum absolute atomic E-state index is 0.875. The smallest absolute Gasteiger partial charge is 0.136 e. The van der Waals surface area contributed by atoms with Crippen molar-refractivity contribution in [2.45, 2.75) is 0 Å². The molecule has 0 saturated carbocycles. The Morgan fingerprint density at radius 3 is 1.51 bits per heavy atom. The van der Waals surface area contributed by atoms with Crippen molar-refractivity contribution in [1.29, 1.82) is 0 Å². The normalized spacial score (nSPS) is 11.5. The summed E-state index contributed by atoms with van der Waals surface area (Å²) in [6.07, 6.45) is 0. The van der Waals surface area contributed by atoms with Crippen molar-refractivity contribution in [3.8, 4) is 50.2 Å². The van der Waals surface area contributed by atoms with Crippen LogP contribution in [0.5, 0.6) is 0 Å². The van der Waals surface area contributed by atoms with Gasteiger partial charge < -0.3 is 13.9 Å². The molecule has 0 atom stereocenters. The number of nitrogens with zero attached hydrogens (tertiary/aromatic N) is 2.